The van der Waals surface area contributed by atoms with Gasteiger partial charge in [-0.2, -0.15) is 5.10 Å². The van der Waals surface area contributed by atoms with Gasteiger partial charge in [0.05, 0.1) is 19.4 Å². The van der Waals surface area contributed by atoms with Gasteiger partial charge in [-0.15, -0.1) is 0 Å². The molecular weight excluding hydrogens is 410 g/mol. The highest BCUT2D eigenvalue weighted by Crippen LogP contribution is 2.22. The Kier molecular flexibility index (Phi) is 6.62. The Balaban J connectivity index is 1.50. The summed E-state index contributed by atoms with van der Waals surface area (Å²) in [6.45, 7) is 3.18. The average molecular weight is 430 g/mol. The molecule has 2 N–H and O–H groups in total. The Morgan fingerprint density at radius 1 is 1.19 bits per heavy atom. The van der Waals surface area contributed by atoms with E-state index < -0.39 is 0 Å². The molecule has 6 nitrogen and oxygen atoms in total. The van der Waals surface area contributed by atoms with Crippen LogP contribution in [0.2, 0.25) is 0 Å². The number of rotatable bonds is 8. The highest BCUT2D eigenvalue weighted by Gasteiger charge is 2.16. The number of halogens is 1. The Hall–Kier alpha value is -2.64. The molecule has 0 aliphatic carbocycles. The molecule has 0 fully saturated rings. The molecule has 1 aromatic heterocycles. The van der Waals surface area contributed by atoms with E-state index in [-0.39, 0.29) is 11.6 Å². The van der Waals surface area contributed by atoms with E-state index in [4.69, 9.17) is 9.47 Å². The van der Waals surface area contributed by atoms with Crippen molar-refractivity contribution in [3.05, 3.63) is 76.0 Å². The number of anilines is 1. The first-order valence-electron chi connectivity index (χ1n) is 8.49. The van der Waals surface area contributed by atoms with Crippen LogP contribution in [-0.2, 0) is 11.3 Å². The lowest BCUT2D eigenvalue weighted by molar-refractivity contribution is 0.0876. The number of nitrogens with one attached hydrogen (secondary N) is 2. The van der Waals surface area contributed by atoms with Gasteiger partial charge < -0.3 is 14.8 Å². The van der Waals surface area contributed by atoms with Gasteiger partial charge in [0.1, 0.15) is 6.61 Å². The number of benzene rings is 2. The van der Waals surface area contributed by atoms with E-state index in [1.54, 1.807) is 0 Å². The van der Waals surface area contributed by atoms with Gasteiger partial charge >= 0.3 is 0 Å². The molecule has 0 saturated heterocycles. The Labute approximate surface area is 166 Å². The lowest BCUT2D eigenvalue weighted by Crippen LogP contribution is -2.15. The number of hydrogen-bond donors (Lipinski definition) is 2. The smallest absolute Gasteiger partial charge is 0.277 e. The molecular formula is C20H20BrN3O3. The van der Waals surface area contributed by atoms with Crippen LogP contribution in [0, 0.1) is 6.92 Å². The van der Waals surface area contributed by atoms with E-state index in [1.807, 2.05) is 55.5 Å². The molecule has 3 rings (SSSR count). The number of aromatic nitrogens is 2. The minimum Gasteiger partial charge on any atom is -0.487 e. The second-order valence-corrected chi connectivity index (χ2v) is 6.82. The number of ether oxygens (including phenoxy) is 2. The first-order valence-corrected chi connectivity index (χ1v) is 9.28. The van der Waals surface area contributed by atoms with E-state index >= 15 is 0 Å². The maximum absolute atomic E-state index is 12.5. The van der Waals surface area contributed by atoms with Crippen LogP contribution in [0.25, 0.3) is 0 Å². The Bertz CT molecular complexity index is 896. The van der Waals surface area contributed by atoms with Gasteiger partial charge in [0.15, 0.2) is 11.4 Å². The summed E-state index contributed by atoms with van der Waals surface area (Å²) in [6, 6.07) is 15.6. The maximum atomic E-state index is 12.5. The number of hydrogen-bond acceptors (Lipinski definition) is 4. The first kappa shape index (κ1) is 19.1. The number of aryl methyl sites for hydroxylation is 1. The summed E-state index contributed by atoms with van der Waals surface area (Å²) in [7, 11) is 0. The third-order valence-electron chi connectivity index (χ3n) is 3.87. The molecule has 0 unspecified atom stereocenters. The number of aromatic amines is 1. The van der Waals surface area contributed by atoms with Crippen LogP contribution in [0.4, 0.5) is 5.69 Å². The van der Waals surface area contributed by atoms with E-state index in [0.29, 0.717) is 25.6 Å². The number of carbonyl (C=O) groups excluding carboxylic acids is 1. The van der Waals surface area contributed by atoms with Crippen molar-refractivity contribution in [1.82, 2.24) is 10.2 Å². The fraction of sp³-hybridized carbons (Fsp3) is 0.200. The van der Waals surface area contributed by atoms with Gasteiger partial charge in [0.2, 0.25) is 0 Å². The van der Waals surface area contributed by atoms with E-state index in [0.717, 1.165) is 21.3 Å². The SMILES string of the molecule is Cc1cc(Br)ccc1NC(=O)c1[nH]ncc1OCCOCc1ccccc1. The normalized spacial score (nSPS) is 10.6. The minimum absolute atomic E-state index is 0.278. The van der Waals surface area contributed by atoms with Crippen molar-refractivity contribution in [3.8, 4) is 5.75 Å². The van der Waals surface area contributed by atoms with Crippen molar-refractivity contribution in [3.63, 3.8) is 0 Å². The summed E-state index contributed by atoms with van der Waals surface area (Å²) in [5.74, 6) is 0.0868. The second kappa shape index (κ2) is 9.34. The topological polar surface area (TPSA) is 76.2 Å². The summed E-state index contributed by atoms with van der Waals surface area (Å²) in [4.78, 5) is 12.5. The minimum atomic E-state index is -0.307. The molecule has 7 heteroatoms. The molecule has 0 atom stereocenters. The predicted octanol–water partition coefficient (Wildman–Crippen LogP) is 4.33. The number of H-pyrrole nitrogens is 1. The molecule has 0 aliphatic heterocycles. The molecule has 2 aromatic carbocycles. The molecule has 1 amide bonds. The van der Waals surface area contributed by atoms with Crippen molar-refractivity contribution in [2.75, 3.05) is 18.5 Å². The fourth-order valence-electron chi connectivity index (χ4n) is 2.47. The summed E-state index contributed by atoms with van der Waals surface area (Å²) in [5.41, 5.74) is 3.06. The summed E-state index contributed by atoms with van der Waals surface area (Å²) in [6.07, 6.45) is 1.49. The lowest BCUT2D eigenvalue weighted by atomic mass is 10.2. The van der Waals surface area contributed by atoms with Gasteiger partial charge in [-0.3, -0.25) is 9.89 Å². The average Bonchev–Trinajstić information content (AvgIpc) is 3.13. The molecule has 1 heterocycles. The van der Waals surface area contributed by atoms with Gasteiger partial charge in [0, 0.05) is 10.2 Å². The highest BCUT2D eigenvalue weighted by molar-refractivity contribution is 9.10. The summed E-state index contributed by atoms with van der Waals surface area (Å²) in [5, 5.41) is 9.46. The van der Waals surface area contributed by atoms with Crippen LogP contribution >= 0.6 is 15.9 Å². The maximum Gasteiger partial charge on any atom is 0.277 e. The third kappa shape index (κ3) is 5.42. The molecule has 0 bridgehead atoms. The van der Waals surface area contributed by atoms with Crippen molar-refractivity contribution in [1.29, 1.82) is 0 Å². The molecule has 0 saturated carbocycles. The zero-order valence-electron chi connectivity index (χ0n) is 14.9. The zero-order chi connectivity index (χ0) is 19.1. The standard InChI is InChI=1S/C20H20BrN3O3/c1-14-11-16(21)7-8-17(14)23-20(25)19-18(12-22-24-19)27-10-9-26-13-15-5-3-2-4-6-15/h2-8,11-12H,9-10,13H2,1H3,(H,22,24)(H,23,25). The molecule has 0 aliphatic rings. The van der Waals surface area contributed by atoms with Crippen LogP contribution in [0.3, 0.4) is 0 Å². The predicted molar refractivity (Wildman–Crippen MR) is 107 cm³/mol. The van der Waals surface area contributed by atoms with Crippen LogP contribution in [0.1, 0.15) is 21.6 Å². The Morgan fingerprint density at radius 2 is 2.00 bits per heavy atom. The van der Waals surface area contributed by atoms with Crippen LogP contribution < -0.4 is 10.1 Å². The fourth-order valence-corrected chi connectivity index (χ4v) is 2.95. The zero-order valence-corrected chi connectivity index (χ0v) is 16.5. The second-order valence-electron chi connectivity index (χ2n) is 5.91. The molecule has 0 spiro atoms. The van der Waals surface area contributed by atoms with Crippen molar-refractivity contribution < 1.29 is 14.3 Å². The largest absolute Gasteiger partial charge is 0.487 e. The Morgan fingerprint density at radius 3 is 2.78 bits per heavy atom. The van der Waals surface area contributed by atoms with Crippen molar-refractivity contribution in [2.24, 2.45) is 0 Å². The van der Waals surface area contributed by atoms with Gasteiger partial charge in [-0.25, -0.2) is 0 Å². The summed E-state index contributed by atoms with van der Waals surface area (Å²) < 4.78 is 12.2. The van der Waals surface area contributed by atoms with E-state index in [1.165, 1.54) is 6.20 Å². The van der Waals surface area contributed by atoms with E-state index in [9.17, 15) is 4.79 Å². The van der Waals surface area contributed by atoms with Crippen LogP contribution in [0.5, 0.6) is 5.75 Å². The molecule has 27 heavy (non-hydrogen) atoms. The lowest BCUT2D eigenvalue weighted by Gasteiger charge is -2.10. The quantitative estimate of drug-likeness (QED) is 0.522. The van der Waals surface area contributed by atoms with Crippen molar-refractivity contribution in [2.45, 2.75) is 13.5 Å². The number of nitrogens with zero attached hydrogens (tertiary/aromatic N) is 1. The third-order valence-corrected chi connectivity index (χ3v) is 4.36. The highest BCUT2D eigenvalue weighted by atomic mass is 79.9. The van der Waals surface area contributed by atoms with E-state index in [2.05, 4.69) is 31.4 Å². The van der Waals surface area contributed by atoms with Gasteiger partial charge in [-0.1, -0.05) is 46.3 Å². The number of amides is 1. The van der Waals surface area contributed by atoms with Crippen LogP contribution in [0.15, 0.2) is 59.2 Å². The first-order chi connectivity index (χ1) is 13.1. The van der Waals surface area contributed by atoms with Crippen LogP contribution in [-0.4, -0.2) is 29.3 Å². The number of carbonyl (C=O) groups is 1. The van der Waals surface area contributed by atoms with Gasteiger partial charge in [0.25, 0.3) is 5.91 Å². The molecule has 3 aromatic rings. The molecule has 0 radical (unpaired) electrons. The molecule has 140 valence electrons. The monoisotopic (exact) mass is 429 g/mol. The van der Waals surface area contributed by atoms with Gasteiger partial charge in [-0.05, 0) is 36.2 Å². The summed E-state index contributed by atoms with van der Waals surface area (Å²) >= 11 is 3.41. The van der Waals surface area contributed by atoms with Crippen molar-refractivity contribution >= 4 is 27.5 Å².